The molecule has 0 unspecified atom stereocenters. The van der Waals surface area contributed by atoms with Crippen molar-refractivity contribution in [3.63, 3.8) is 0 Å². The minimum absolute atomic E-state index is 0. The number of allylic oxidation sites excluding steroid dienone is 2. The van der Waals surface area contributed by atoms with Crippen molar-refractivity contribution in [2.75, 3.05) is 6.61 Å². The van der Waals surface area contributed by atoms with Crippen molar-refractivity contribution < 1.29 is 21.8 Å². The molecule has 0 atom stereocenters. The third kappa shape index (κ3) is 2.49. The summed E-state index contributed by atoms with van der Waals surface area (Å²) in [4.78, 5) is 0. The first-order valence-corrected chi connectivity index (χ1v) is 1.93. The van der Waals surface area contributed by atoms with Crippen molar-refractivity contribution in [2.45, 2.75) is 0 Å². The van der Waals surface area contributed by atoms with E-state index in [-0.39, 0.29) is 17.1 Å². The zero-order valence-corrected chi connectivity index (χ0v) is 4.88. The van der Waals surface area contributed by atoms with Crippen LogP contribution in [0.1, 0.15) is 0 Å². The van der Waals surface area contributed by atoms with Crippen molar-refractivity contribution in [1.82, 2.24) is 0 Å². The van der Waals surface area contributed by atoms with Gasteiger partial charge in [0.15, 0.2) is 0 Å². The minimum atomic E-state index is 0. The number of hydrogen-bond acceptors (Lipinski definition) is 1. The Morgan fingerprint density at radius 2 is 2.14 bits per heavy atom. The predicted molar refractivity (Wildman–Crippen MR) is 24.2 cm³/mol. The summed E-state index contributed by atoms with van der Waals surface area (Å²) in [6.45, 7) is 0.733. The van der Waals surface area contributed by atoms with Crippen molar-refractivity contribution in [2.24, 2.45) is 0 Å². The summed E-state index contributed by atoms with van der Waals surface area (Å²) in [7, 11) is 0. The zero-order chi connectivity index (χ0) is 4.24. The topological polar surface area (TPSA) is 9.23 Å². The first-order chi connectivity index (χ1) is 3.00. The SMILES string of the molecule is C1=CCOC=C1.[Fe]. The third-order valence-electron chi connectivity index (χ3n) is 0.614. The van der Waals surface area contributed by atoms with Gasteiger partial charge < -0.3 is 4.74 Å². The van der Waals surface area contributed by atoms with Gasteiger partial charge in [-0.1, -0.05) is 6.08 Å². The van der Waals surface area contributed by atoms with Gasteiger partial charge in [-0.25, -0.2) is 0 Å². The second-order valence-corrected chi connectivity index (χ2v) is 1.09. The summed E-state index contributed by atoms with van der Waals surface area (Å²) in [5.74, 6) is 0. The molecule has 0 N–H and O–H groups in total. The Morgan fingerprint density at radius 1 is 1.29 bits per heavy atom. The van der Waals surface area contributed by atoms with Gasteiger partial charge in [0.1, 0.15) is 6.61 Å². The molecule has 1 rings (SSSR count). The smallest absolute Gasteiger partial charge is 0.106 e. The Labute approximate surface area is 53.5 Å². The van der Waals surface area contributed by atoms with Gasteiger partial charge in [0.2, 0.25) is 0 Å². The molecule has 0 aliphatic carbocycles. The van der Waals surface area contributed by atoms with E-state index in [4.69, 9.17) is 4.74 Å². The van der Waals surface area contributed by atoms with Crippen LogP contribution in [-0.2, 0) is 21.8 Å². The van der Waals surface area contributed by atoms with Crippen LogP contribution in [-0.4, -0.2) is 6.61 Å². The van der Waals surface area contributed by atoms with Crippen LogP contribution in [0, 0.1) is 0 Å². The summed E-state index contributed by atoms with van der Waals surface area (Å²) in [6.07, 6.45) is 7.47. The average molecular weight is 138 g/mol. The molecule has 0 aromatic carbocycles. The molecular weight excluding hydrogens is 132 g/mol. The summed E-state index contributed by atoms with van der Waals surface area (Å²) in [6, 6.07) is 0. The fraction of sp³-hybridized carbons (Fsp3) is 0.200. The molecule has 1 nitrogen and oxygen atoms in total. The van der Waals surface area contributed by atoms with E-state index < -0.39 is 0 Å². The average Bonchev–Trinajstić information content (AvgIpc) is 1.72. The summed E-state index contributed by atoms with van der Waals surface area (Å²) in [5, 5.41) is 0. The predicted octanol–water partition coefficient (Wildman–Crippen LogP) is 1.08. The monoisotopic (exact) mass is 138 g/mol. The van der Waals surface area contributed by atoms with Crippen LogP contribution >= 0.6 is 0 Å². The maximum Gasteiger partial charge on any atom is 0.106 e. The van der Waals surface area contributed by atoms with E-state index in [0.29, 0.717) is 0 Å². The molecule has 0 spiro atoms. The molecule has 1 aliphatic heterocycles. The Bertz CT molecular complexity index is 74.1. The minimum Gasteiger partial charge on any atom is -0.497 e. The Balaban J connectivity index is 0.000000360. The van der Waals surface area contributed by atoms with Crippen LogP contribution in [0.25, 0.3) is 0 Å². The van der Waals surface area contributed by atoms with Crippen molar-refractivity contribution >= 4 is 0 Å². The second kappa shape index (κ2) is 3.97. The van der Waals surface area contributed by atoms with E-state index in [0.717, 1.165) is 6.61 Å². The number of rotatable bonds is 0. The van der Waals surface area contributed by atoms with Crippen molar-refractivity contribution in [1.29, 1.82) is 0 Å². The molecule has 0 saturated heterocycles. The molecule has 0 fully saturated rings. The quantitative estimate of drug-likeness (QED) is 0.455. The molecule has 0 saturated carbocycles. The second-order valence-electron chi connectivity index (χ2n) is 1.09. The summed E-state index contributed by atoms with van der Waals surface area (Å²) >= 11 is 0. The molecule has 2 heteroatoms. The molecule has 0 amide bonds. The third-order valence-corrected chi connectivity index (χ3v) is 0.614. The molecule has 1 aliphatic rings. The Hall–Kier alpha value is -0.201. The Kier molecular flexibility index (Phi) is 3.86. The standard InChI is InChI=1S/C5H6O.Fe/c1-2-4-6-5-3-1;/h1-4H,5H2;. The maximum absolute atomic E-state index is 4.80. The van der Waals surface area contributed by atoms with Gasteiger partial charge in [0.05, 0.1) is 6.26 Å². The van der Waals surface area contributed by atoms with Gasteiger partial charge >= 0.3 is 0 Å². The van der Waals surface area contributed by atoms with Crippen molar-refractivity contribution in [3.05, 3.63) is 24.5 Å². The number of hydrogen-bond donors (Lipinski definition) is 0. The molecule has 0 aromatic rings. The van der Waals surface area contributed by atoms with Gasteiger partial charge in [-0.2, -0.15) is 0 Å². The first-order valence-electron chi connectivity index (χ1n) is 1.93. The normalized spacial score (nSPS) is 14.9. The van der Waals surface area contributed by atoms with Gasteiger partial charge in [0, 0.05) is 17.1 Å². The van der Waals surface area contributed by atoms with Crippen LogP contribution in [0.4, 0.5) is 0 Å². The van der Waals surface area contributed by atoms with Gasteiger partial charge in [0.25, 0.3) is 0 Å². The molecule has 0 aromatic heterocycles. The fourth-order valence-corrected chi connectivity index (χ4v) is 0.346. The van der Waals surface area contributed by atoms with Gasteiger partial charge in [-0.15, -0.1) is 0 Å². The van der Waals surface area contributed by atoms with Gasteiger partial charge in [-0.3, -0.25) is 0 Å². The zero-order valence-electron chi connectivity index (χ0n) is 3.78. The van der Waals surface area contributed by atoms with E-state index in [9.17, 15) is 0 Å². The molecular formula is C5H6FeO. The van der Waals surface area contributed by atoms with E-state index in [1.807, 2.05) is 18.2 Å². The molecule has 0 radical (unpaired) electrons. The fourth-order valence-electron chi connectivity index (χ4n) is 0.346. The van der Waals surface area contributed by atoms with Gasteiger partial charge in [-0.05, 0) is 12.2 Å². The van der Waals surface area contributed by atoms with Crippen LogP contribution < -0.4 is 0 Å². The Morgan fingerprint density at radius 3 is 2.29 bits per heavy atom. The largest absolute Gasteiger partial charge is 0.497 e. The summed E-state index contributed by atoms with van der Waals surface area (Å²) < 4.78 is 4.80. The number of ether oxygens (including phenoxy) is 1. The molecule has 0 bridgehead atoms. The molecule has 7 heavy (non-hydrogen) atoms. The van der Waals surface area contributed by atoms with E-state index in [1.54, 1.807) is 6.26 Å². The van der Waals surface area contributed by atoms with Crippen LogP contribution in [0.5, 0.6) is 0 Å². The van der Waals surface area contributed by atoms with Crippen LogP contribution in [0.2, 0.25) is 0 Å². The van der Waals surface area contributed by atoms with E-state index in [2.05, 4.69) is 0 Å². The summed E-state index contributed by atoms with van der Waals surface area (Å²) in [5.41, 5.74) is 0. The molecule has 40 valence electrons. The first kappa shape index (κ1) is 6.80. The van der Waals surface area contributed by atoms with E-state index >= 15 is 0 Å². The van der Waals surface area contributed by atoms with E-state index in [1.165, 1.54) is 0 Å². The van der Waals surface area contributed by atoms with Crippen LogP contribution in [0.15, 0.2) is 24.5 Å². The van der Waals surface area contributed by atoms with Crippen molar-refractivity contribution in [3.8, 4) is 0 Å². The maximum atomic E-state index is 4.80. The van der Waals surface area contributed by atoms with Crippen LogP contribution in [0.3, 0.4) is 0 Å². The molecule has 1 heterocycles.